The number of pyridine rings is 1. The number of carbonyl (C=O) groups excluding carboxylic acids is 1. The van der Waals surface area contributed by atoms with Crippen LogP contribution in [-0.4, -0.2) is 33.9 Å². The second-order valence-corrected chi connectivity index (χ2v) is 10.4. The smallest absolute Gasteiger partial charge is 0.323 e. The average Bonchev–Trinajstić information content (AvgIpc) is 3.48. The number of thiophene rings is 1. The van der Waals surface area contributed by atoms with Gasteiger partial charge >= 0.3 is 5.92 Å². The topological polar surface area (TPSA) is 154 Å². The van der Waals surface area contributed by atoms with Crippen LogP contribution >= 0.6 is 11.3 Å². The highest BCUT2D eigenvalue weighted by molar-refractivity contribution is 7.14. The molecule has 9 nitrogen and oxygen atoms in total. The van der Waals surface area contributed by atoms with Gasteiger partial charge in [-0.1, -0.05) is 24.0 Å². The fourth-order valence-corrected chi connectivity index (χ4v) is 4.84. The largest absolute Gasteiger partial charge is 0.377 e. The van der Waals surface area contributed by atoms with Gasteiger partial charge in [-0.15, -0.1) is 11.3 Å². The Kier molecular flexibility index (Phi) is 9.60. The van der Waals surface area contributed by atoms with Crippen molar-refractivity contribution in [2.45, 2.75) is 18.1 Å². The molecular weight excluding hydrogens is 598 g/mol. The highest BCUT2D eigenvalue weighted by Gasteiger charge is 2.58. The van der Waals surface area contributed by atoms with Crippen molar-refractivity contribution >= 4 is 23.6 Å². The Morgan fingerprint density at radius 2 is 1.82 bits per heavy atom. The number of hydrogen-bond donors (Lipinski definition) is 4. The highest BCUT2D eigenvalue weighted by Crippen LogP contribution is 2.46. The summed E-state index contributed by atoms with van der Waals surface area (Å²) in [6, 6.07) is 15.9. The lowest BCUT2D eigenvalue weighted by molar-refractivity contribution is -0.203. The van der Waals surface area contributed by atoms with Gasteiger partial charge in [0.05, 0.1) is 27.9 Å². The molecule has 0 fully saturated rings. The van der Waals surface area contributed by atoms with Crippen LogP contribution in [0.1, 0.15) is 42.5 Å². The van der Waals surface area contributed by atoms with E-state index in [0.717, 1.165) is 41.6 Å². The molecule has 0 bridgehead atoms. The van der Waals surface area contributed by atoms with Gasteiger partial charge in [0, 0.05) is 29.9 Å². The first-order valence-corrected chi connectivity index (χ1v) is 13.4. The van der Waals surface area contributed by atoms with Gasteiger partial charge in [0.1, 0.15) is 23.7 Å². The van der Waals surface area contributed by atoms with E-state index in [1.165, 1.54) is 6.07 Å². The number of benzene rings is 2. The van der Waals surface area contributed by atoms with Crippen LogP contribution in [0.15, 0.2) is 78.0 Å². The Hall–Kier alpha value is -5.28. The number of nitrogens with one attached hydrogen (secondary N) is 1. The number of nitrogens with two attached hydrogens (primary N) is 2. The number of hydrazone groups is 1. The molecule has 4 aromatic rings. The zero-order valence-electron chi connectivity index (χ0n) is 22.6. The highest BCUT2D eigenvalue weighted by atomic mass is 32.1. The molecule has 0 spiro atoms. The van der Waals surface area contributed by atoms with Gasteiger partial charge in [-0.25, -0.2) is 14.6 Å². The summed E-state index contributed by atoms with van der Waals surface area (Å²) in [6.45, 7) is -0.826. The minimum atomic E-state index is -4.24. The monoisotopic (exact) mass is 621 g/mol. The maximum atomic E-state index is 15.8. The number of alkyl halides is 2. The van der Waals surface area contributed by atoms with Crippen molar-refractivity contribution in [3.8, 4) is 17.9 Å². The fourth-order valence-electron chi connectivity index (χ4n) is 4.06. The van der Waals surface area contributed by atoms with E-state index in [1.807, 2.05) is 6.07 Å². The number of hydrazine groups is 1. The average molecular weight is 622 g/mol. The predicted molar refractivity (Wildman–Crippen MR) is 155 cm³/mol. The number of aromatic nitrogens is 1. The van der Waals surface area contributed by atoms with Crippen LogP contribution in [0.3, 0.4) is 0 Å². The van der Waals surface area contributed by atoms with Crippen LogP contribution in [0.25, 0.3) is 0 Å². The van der Waals surface area contributed by atoms with Gasteiger partial charge in [-0.05, 0) is 54.1 Å². The van der Waals surface area contributed by atoms with Crippen LogP contribution < -0.4 is 17.0 Å². The Bertz CT molecular complexity index is 1780. The number of nitriles is 1. The fraction of sp³-hybridized carbons (Fsp3) is 0.133. The first-order valence-electron chi connectivity index (χ1n) is 12.6. The van der Waals surface area contributed by atoms with Crippen molar-refractivity contribution in [2.75, 3.05) is 6.54 Å². The lowest BCUT2D eigenvalue weighted by Gasteiger charge is -2.37. The standard InChI is InChI=1S/C30H23F4N7O2S/c31-22-7-10-24(25(32)13-22)29(43,17-41(37)18-40-36)30(33,34)27-12-6-21(15-38-27)5-8-23-9-11-26(44-23)28(42)39-16-20-3-1-19(14-35)2-4-20/h1-4,6-7,9-13,15,18,43H,16-17,36-37H2,(H,39,42)/b40-18-. The van der Waals surface area contributed by atoms with Gasteiger partial charge in [0.15, 0.2) is 5.60 Å². The molecular formula is C30H23F4N7O2S. The summed E-state index contributed by atoms with van der Waals surface area (Å²) >= 11 is 1.12. The lowest BCUT2D eigenvalue weighted by Crippen LogP contribution is -2.53. The maximum Gasteiger partial charge on any atom is 0.323 e. The van der Waals surface area contributed by atoms with E-state index in [0.29, 0.717) is 32.5 Å². The number of aliphatic hydroxyl groups is 1. The summed E-state index contributed by atoms with van der Waals surface area (Å²) in [5.41, 5.74) is -3.62. The van der Waals surface area contributed by atoms with E-state index in [9.17, 15) is 18.7 Å². The number of amides is 1. The van der Waals surface area contributed by atoms with Crippen molar-refractivity contribution in [2.24, 2.45) is 16.8 Å². The zero-order chi connectivity index (χ0) is 31.9. The molecule has 2 heterocycles. The summed E-state index contributed by atoms with van der Waals surface area (Å²) in [5.74, 6) is 9.18. The number of rotatable bonds is 9. The van der Waals surface area contributed by atoms with Gasteiger partial charge in [0.2, 0.25) is 0 Å². The Morgan fingerprint density at radius 1 is 1.09 bits per heavy atom. The van der Waals surface area contributed by atoms with Crippen LogP contribution in [0, 0.1) is 34.8 Å². The van der Waals surface area contributed by atoms with E-state index < -0.39 is 41.0 Å². The molecule has 0 aliphatic rings. The maximum absolute atomic E-state index is 15.8. The zero-order valence-corrected chi connectivity index (χ0v) is 23.5. The minimum absolute atomic E-state index is 0.233. The van der Waals surface area contributed by atoms with E-state index in [-0.39, 0.29) is 18.0 Å². The van der Waals surface area contributed by atoms with Crippen molar-refractivity contribution in [3.05, 3.63) is 122 Å². The van der Waals surface area contributed by atoms with Crippen molar-refractivity contribution in [3.63, 3.8) is 0 Å². The molecule has 4 rings (SSSR count). The van der Waals surface area contributed by atoms with Gasteiger partial charge in [0.25, 0.3) is 5.91 Å². The summed E-state index contributed by atoms with van der Waals surface area (Å²) in [7, 11) is 0. The number of hydrogen-bond acceptors (Lipinski definition) is 8. The van der Waals surface area contributed by atoms with Crippen LogP contribution in [0.2, 0.25) is 0 Å². The molecule has 2 aromatic carbocycles. The van der Waals surface area contributed by atoms with E-state index in [2.05, 4.69) is 27.2 Å². The third-order valence-corrected chi connectivity index (χ3v) is 7.30. The minimum Gasteiger partial charge on any atom is -0.377 e. The van der Waals surface area contributed by atoms with Crippen LogP contribution in [-0.2, 0) is 18.1 Å². The molecule has 0 saturated carbocycles. The summed E-state index contributed by atoms with van der Waals surface area (Å²) in [6.07, 6.45) is 1.78. The first-order chi connectivity index (χ1) is 21.0. The van der Waals surface area contributed by atoms with Gasteiger partial charge < -0.3 is 16.3 Å². The Morgan fingerprint density at radius 3 is 2.45 bits per heavy atom. The van der Waals surface area contributed by atoms with Gasteiger partial charge in [-0.2, -0.15) is 19.1 Å². The van der Waals surface area contributed by atoms with Gasteiger partial charge in [-0.3, -0.25) is 14.8 Å². The molecule has 2 aromatic heterocycles. The van der Waals surface area contributed by atoms with Crippen molar-refractivity contribution < 1.29 is 27.5 Å². The van der Waals surface area contributed by atoms with E-state index in [4.69, 9.17) is 16.9 Å². The first kappa shape index (κ1) is 31.7. The third kappa shape index (κ3) is 7.02. The second-order valence-electron chi connectivity index (χ2n) is 9.33. The van der Waals surface area contributed by atoms with Crippen molar-refractivity contribution in [1.29, 1.82) is 5.26 Å². The molecule has 0 aliphatic heterocycles. The molecule has 14 heteroatoms. The number of halogens is 4. The lowest BCUT2D eigenvalue weighted by atomic mass is 9.84. The normalized spacial score (nSPS) is 12.6. The van der Waals surface area contributed by atoms with E-state index in [1.54, 1.807) is 36.4 Å². The van der Waals surface area contributed by atoms with Crippen LogP contribution in [0.5, 0.6) is 0 Å². The second kappa shape index (κ2) is 13.4. The number of carbonyl (C=O) groups is 1. The molecule has 224 valence electrons. The molecule has 6 N–H and O–H groups in total. The molecule has 44 heavy (non-hydrogen) atoms. The molecule has 1 unspecified atom stereocenters. The predicted octanol–water partition coefficient (Wildman–Crippen LogP) is 3.68. The molecule has 0 saturated heterocycles. The molecule has 1 atom stereocenters. The quantitative estimate of drug-likeness (QED) is 0.0555. The number of nitrogens with zero attached hydrogens (tertiary/aromatic N) is 4. The van der Waals surface area contributed by atoms with Crippen LogP contribution in [0.4, 0.5) is 17.6 Å². The molecule has 0 aliphatic carbocycles. The third-order valence-electron chi connectivity index (χ3n) is 6.30. The Balaban J connectivity index is 1.50. The Labute approximate surface area is 253 Å². The summed E-state index contributed by atoms with van der Waals surface area (Å²) in [5, 5.41) is 26.5. The molecule has 1 amide bonds. The van der Waals surface area contributed by atoms with Crippen molar-refractivity contribution in [1.82, 2.24) is 15.3 Å². The SMILES string of the molecule is N#Cc1ccc(CNC(=O)c2ccc(C#Cc3ccc(C(F)(F)C(O)(CN(N)/C=N\N)c4ccc(F)cc4F)nc3)s2)cc1. The summed E-state index contributed by atoms with van der Waals surface area (Å²) < 4.78 is 59.8. The van der Waals surface area contributed by atoms with E-state index >= 15 is 8.78 Å². The summed E-state index contributed by atoms with van der Waals surface area (Å²) in [4.78, 5) is 17.2. The molecule has 0 radical (unpaired) electrons.